The predicted octanol–water partition coefficient (Wildman–Crippen LogP) is 4.59. The highest BCUT2D eigenvalue weighted by Crippen LogP contribution is 2.31. The van der Waals surface area contributed by atoms with Crippen LogP contribution >= 0.6 is 0 Å². The Morgan fingerprint density at radius 2 is 1.88 bits per heavy atom. The first-order valence-corrected chi connectivity index (χ1v) is 11.0. The van der Waals surface area contributed by atoms with E-state index in [4.69, 9.17) is 14.8 Å². The molecule has 0 unspecified atom stereocenters. The lowest BCUT2D eigenvalue weighted by Crippen LogP contribution is -2.33. The first-order chi connectivity index (χ1) is 15.5. The zero-order valence-corrected chi connectivity index (χ0v) is 19.0. The van der Waals surface area contributed by atoms with Crippen molar-refractivity contribution in [2.24, 2.45) is 0 Å². The minimum absolute atomic E-state index is 0.207. The number of rotatable bonds is 5. The van der Waals surface area contributed by atoms with Crippen molar-refractivity contribution in [3.63, 3.8) is 0 Å². The van der Waals surface area contributed by atoms with Crippen molar-refractivity contribution in [2.45, 2.75) is 39.8 Å². The molecule has 0 aliphatic carbocycles. The highest BCUT2D eigenvalue weighted by atomic mass is 16.5. The van der Waals surface area contributed by atoms with Gasteiger partial charge >= 0.3 is 0 Å². The maximum atomic E-state index is 5.69. The molecule has 0 spiro atoms. The number of imidazole rings is 1. The standard InChI is InChI=1S/C25H28N6O/c1-17(2)31-25(29-12-11-19-7-5-6-8-21(19)15-29)27-24(28-31)20-9-10-22(23(13-20)32-4)30-14-18(3)26-16-30/h5-10,13-14,16-17H,11-12,15H2,1-4H3. The van der Waals surface area contributed by atoms with Gasteiger partial charge in [0.25, 0.3) is 0 Å². The molecule has 1 aliphatic heterocycles. The van der Waals surface area contributed by atoms with Crippen LogP contribution in [0.25, 0.3) is 17.1 Å². The molecule has 0 N–H and O–H groups in total. The largest absolute Gasteiger partial charge is 0.495 e. The molecule has 0 radical (unpaired) electrons. The molecule has 1 aliphatic rings. The second kappa shape index (κ2) is 8.15. The third kappa shape index (κ3) is 3.64. The van der Waals surface area contributed by atoms with Gasteiger partial charge in [-0.3, -0.25) is 0 Å². The second-order valence-corrected chi connectivity index (χ2v) is 8.52. The number of ether oxygens (including phenoxy) is 1. The van der Waals surface area contributed by atoms with Crippen LogP contribution in [0.3, 0.4) is 0 Å². The van der Waals surface area contributed by atoms with Gasteiger partial charge in [-0.25, -0.2) is 9.67 Å². The van der Waals surface area contributed by atoms with Crippen molar-refractivity contribution in [1.82, 2.24) is 24.3 Å². The van der Waals surface area contributed by atoms with E-state index in [1.807, 2.05) is 40.6 Å². The van der Waals surface area contributed by atoms with Gasteiger partial charge in [0, 0.05) is 24.8 Å². The Labute approximate surface area is 188 Å². The van der Waals surface area contributed by atoms with Crippen LogP contribution in [-0.4, -0.2) is 38.0 Å². The van der Waals surface area contributed by atoms with Gasteiger partial charge in [-0.05, 0) is 56.5 Å². The van der Waals surface area contributed by atoms with Crippen molar-refractivity contribution in [2.75, 3.05) is 18.6 Å². The first kappa shape index (κ1) is 20.3. The molecule has 7 heteroatoms. The normalized spacial score (nSPS) is 13.5. The van der Waals surface area contributed by atoms with Crippen molar-refractivity contribution in [1.29, 1.82) is 0 Å². The Morgan fingerprint density at radius 1 is 1.06 bits per heavy atom. The lowest BCUT2D eigenvalue weighted by Gasteiger charge is -2.30. The van der Waals surface area contributed by atoms with E-state index in [0.29, 0.717) is 5.82 Å². The molecule has 0 amide bonds. The summed E-state index contributed by atoms with van der Waals surface area (Å²) in [6.45, 7) is 8.05. The molecule has 0 atom stereocenters. The number of benzene rings is 2. The van der Waals surface area contributed by atoms with Crippen molar-refractivity contribution in [3.05, 3.63) is 71.8 Å². The fourth-order valence-corrected chi connectivity index (χ4v) is 4.25. The first-order valence-electron chi connectivity index (χ1n) is 11.0. The average molecular weight is 429 g/mol. The van der Waals surface area contributed by atoms with Crippen LogP contribution in [0.2, 0.25) is 0 Å². The summed E-state index contributed by atoms with van der Waals surface area (Å²) in [6, 6.07) is 14.9. The topological polar surface area (TPSA) is 61.0 Å². The highest BCUT2D eigenvalue weighted by molar-refractivity contribution is 5.64. The number of nitrogens with zero attached hydrogens (tertiary/aromatic N) is 6. The summed E-state index contributed by atoms with van der Waals surface area (Å²) in [5, 5.41) is 4.88. The summed E-state index contributed by atoms with van der Waals surface area (Å²) < 4.78 is 9.69. The summed E-state index contributed by atoms with van der Waals surface area (Å²) in [7, 11) is 1.68. The Balaban J connectivity index is 1.51. The molecule has 2 aromatic carbocycles. The number of hydrogen-bond donors (Lipinski definition) is 0. The van der Waals surface area contributed by atoms with Gasteiger partial charge in [0.2, 0.25) is 5.95 Å². The van der Waals surface area contributed by atoms with Gasteiger partial charge in [-0.2, -0.15) is 4.98 Å². The molecular formula is C25H28N6O. The van der Waals surface area contributed by atoms with Crippen LogP contribution in [0.4, 0.5) is 5.95 Å². The van der Waals surface area contributed by atoms with Crippen LogP contribution in [0.1, 0.15) is 36.7 Å². The monoisotopic (exact) mass is 428 g/mol. The molecule has 5 rings (SSSR count). The zero-order chi connectivity index (χ0) is 22.2. The number of anilines is 1. The molecule has 0 bridgehead atoms. The van der Waals surface area contributed by atoms with Gasteiger partial charge in [0.1, 0.15) is 5.75 Å². The quantitative estimate of drug-likeness (QED) is 0.465. The van der Waals surface area contributed by atoms with E-state index in [1.54, 1.807) is 13.4 Å². The Bertz CT molecular complexity index is 1260. The lowest BCUT2D eigenvalue weighted by atomic mass is 10.0. The average Bonchev–Trinajstić information content (AvgIpc) is 3.45. The van der Waals surface area contributed by atoms with Gasteiger partial charge < -0.3 is 14.2 Å². The molecule has 164 valence electrons. The summed E-state index contributed by atoms with van der Waals surface area (Å²) in [5.74, 6) is 2.38. The molecule has 2 aromatic heterocycles. The van der Waals surface area contributed by atoms with E-state index in [2.05, 4.69) is 48.0 Å². The summed E-state index contributed by atoms with van der Waals surface area (Å²) in [5.41, 5.74) is 5.62. The number of fused-ring (bicyclic) bond motifs is 1. The van der Waals surface area contributed by atoms with Crippen LogP contribution in [0.15, 0.2) is 55.0 Å². The van der Waals surface area contributed by atoms with Gasteiger partial charge in [0.05, 0.1) is 30.9 Å². The maximum Gasteiger partial charge on any atom is 0.224 e. The van der Waals surface area contributed by atoms with E-state index in [-0.39, 0.29) is 6.04 Å². The summed E-state index contributed by atoms with van der Waals surface area (Å²) in [4.78, 5) is 11.6. The summed E-state index contributed by atoms with van der Waals surface area (Å²) >= 11 is 0. The molecular weight excluding hydrogens is 400 g/mol. The number of aromatic nitrogens is 5. The van der Waals surface area contributed by atoms with Gasteiger partial charge in [-0.15, -0.1) is 5.10 Å². The molecule has 0 saturated heterocycles. The number of methoxy groups -OCH3 is 1. The third-order valence-electron chi connectivity index (χ3n) is 5.94. The van der Waals surface area contributed by atoms with Crippen LogP contribution in [0.5, 0.6) is 5.75 Å². The minimum atomic E-state index is 0.207. The van der Waals surface area contributed by atoms with E-state index in [0.717, 1.165) is 48.2 Å². The molecule has 32 heavy (non-hydrogen) atoms. The van der Waals surface area contributed by atoms with Crippen molar-refractivity contribution in [3.8, 4) is 22.8 Å². The molecule has 0 fully saturated rings. The Kier molecular flexibility index (Phi) is 5.17. The molecule has 3 heterocycles. The van der Waals surface area contributed by atoms with Crippen LogP contribution < -0.4 is 9.64 Å². The number of hydrogen-bond acceptors (Lipinski definition) is 5. The van der Waals surface area contributed by atoms with Gasteiger partial charge in [-0.1, -0.05) is 24.3 Å². The molecule has 7 nitrogen and oxygen atoms in total. The second-order valence-electron chi connectivity index (χ2n) is 8.52. The predicted molar refractivity (Wildman–Crippen MR) is 125 cm³/mol. The smallest absolute Gasteiger partial charge is 0.224 e. The van der Waals surface area contributed by atoms with E-state index >= 15 is 0 Å². The Hall–Kier alpha value is -3.61. The third-order valence-corrected chi connectivity index (χ3v) is 5.94. The van der Waals surface area contributed by atoms with E-state index in [9.17, 15) is 0 Å². The fraction of sp³-hybridized carbons (Fsp3) is 0.320. The van der Waals surface area contributed by atoms with Gasteiger partial charge in [0.15, 0.2) is 5.82 Å². The van der Waals surface area contributed by atoms with Crippen molar-refractivity contribution >= 4 is 5.95 Å². The maximum absolute atomic E-state index is 5.69. The minimum Gasteiger partial charge on any atom is -0.495 e. The zero-order valence-electron chi connectivity index (χ0n) is 19.0. The van der Waals surface area contributed by atoms with Crippen LogP contribution in [-0.2, 0) is 13.0 Å². The Morgan fingerprint density at radius 3 is 2.59 bits per heavy atom. The number of aryl methyl sites for hydroxylation is 1. The summed E-state index contributed by atoms with van der Waals surface area (Å²) in [6.07, 6.45) is 4.80. The van der Waals surface area contributed by atoms with E-state index < -0.39 is 0 Å². The lowest BCUT2D eigenvalue weighted by molar-refractivity contribution is 0.413. The SMILES string of the molecule is COc1cc(-c2nc(N3CCc4ccccc4C3)n(C(C)C)n2)ccc1-n1cnc(C)c1. The van der Waals surface area contributed by atoms with Crippen molar-refractivity contribution < 1.29 is 4.74 Å². The highest BCUT2D eigenvalue weighted by Gasteiger charge is 2.24. The molecule has 0 saturated carbocycles. The molecule has 4 aromatic rings. The van der Waals surface area contributed by atoms with Crippen LogP contribution in [0, 0.1) is 6.92 Å². The van der Waals surface area contributed by atoms with E-state index in [1.165, 1.54) is 11.1 Å². The fourth-order valence-electron chi connectivity index (χ4n) is 4.25.